The Morgan fingerprint density at radius 3 is 1.47 bits per heavy atom. The van der Waals surface area contributed by atoms with Crippen molar-refractivity contribution in [3.05, 3.63) is 77.3 Å². The largest absolute Gasteiger partial charge is 0.248 e. The molecular formula is C17H12BrN. The third kappa shape index (κ3) is 2.74. The first kappa shape index (κ1) is 12.1. The average molecular weight is 310 g/mol. The lowest BCUT2D eigenvalue weighted by Gasteiger charge is -2.06. The second-order valence-electron chi connectivity index (χ2n) is 4.29. The molecule has 0 saturated carbocycles. The molecule has 0 unspecified atom stereocenters. The van der Waals surface area contributed by atoms with Crippen molar-refractivity contribution in [2.75, 3.05) is 0 Å². The molecule has 1 nitrogen and oxygen atoms in total. The van der Waals surface area contributed by atoms with Crippen LogP contribution in [-0.4, -0.2) is 4.98 Å². The van der Waals surface area contributed by atoms with Crippen LogP contribution in [0.1, 0.15) is 0 Å². The van der Waals surface area contributed by atoms with Crippen LogP contribution < -0.4 is 0 Å². The van der Waals surface area contributed by atoms with E-state index in [9.17, 15) is 0 Å². The molecule has 1 aromatic heterocycles. The van der Waals surface area contributed by atoms with Gasteiger partial charge in [0.25, 0.3) is 0 Å². The SMILES string of the molecule is Brc1cc(-c2ccccc2)nc(-c2ccccc2)c1. The van der Waals surface area contributed by atoms with Gasteiger partial charge >= 0.3 is 0 Å². The highest BCUT2D eigenvalue weighted by molar-refractivity contribution is 9.10. The number of aromatic nitrogens is 1. The molecule has 2 heteroatoms. The number of pyridine rings is 1. The van der Waals surface area contributed by atoms with E-state index in [1.54, 1.807) is 0 Å². The molecule has 0 radical (unpaired) electrons. The minimum Gasteiger partial charge on any atom is -0.248 e. The van der Waals surface area contributed by atoms with Gasteiger partial charge in [-0.05, 0) is 12.1 Å². The van der Waals surface area contributed by atoms with E-state index in [0.29, 0.717) is 0 Å². The lowest BCUT2D eigenvalue weighted by atomic mass is 10.1. The van der Waals surface area contributed by atoms with Crippen LogP contribution in [0, 0.1) is 0 Å². The lowest BCUT2D eigenvalue weighted by Crippen LogP contribution is -1.88. The first-order valence-electron chi connectivity index (χ1n) is 6.11. The molecule has 19 heavy (non-hydrogen) atoms. The number of hydrogen-bond acceptors (Lipinski definition) is 1. The molecule has 0 aliphatic heterocycles. The highest BCUT2D eigenvalue weighted by atomic mass is 79.9. The van der Waals surface area contributed by atoms with E-state index in [4.69, 9.17) is 4.98 Å². The highest BCUT2D eigenvalue weighted by Gasteiger charge is 2.05. The number of benzene rings is 2. The van der Waals surface area contributed by atoms with Crippen molar-refractivity contribution >= 4 is 15.9 Å². The standard InChI is InChI=1S/C17H12BrN/c18-15-11-16(13-7-3-1-4-8-13)19-17(12-15)14-9-5-2-6-10-14/h1-12H. The van der Waals surface area contributed by atoms with Crippen LogP contribution in [0.3, 0.4) is 0 Å². The van der Waals surface area contributed by atoms with Crippen molar-refractivity contribution in [3.63, 3.8) is 0 Å². The van der Waals surface area contributed by atoms with Crippen LogP contribution in [0.25, 0.3) is 22.5 Å². The zero-order valence-corrected chi connectivity index (χ0v) is 11.8. The molecule has 3 aromatic rings. The third-order valence-corrected chi connectivity index (χ3v) is 3.39. The van der Waals surface area contributed by atoms with E-state index >= 15 is 0 Å². The maximum atomic E-state index is 4.74. The maximum absolute atomic E-state index is 4.74. The van der Waals surface area contributed by atoms with Gasteiger partial charge in [-0.1, -0.05) is 76.6 Å². The topological polar surface area (TPSA) is 12.9 Å². The van der Waals surface area contributed by atoms with Gasteiger partial charge in [-0.3, -0.25) is 0 Å². The first-order valence-corrected chi connectivity index (χ1v) is 6.91. The summed E-state index contributed by atoms with van der Waals surface area (Å²) in [5, 5.41) is 0. The quantitative estimate of drug-likeness (QED) is 0.635. The second kappa shape index (κ2) is 5.37. The molecule has 0 bridgehead atoms. The van der Waals surface area contributed by atoms with Gasteiger partial charge < -0.3 is 0 Å². The van der Waals surface area contributed by atoms with Gasteiger partial charge in [0.2, 0.25) is 0 Å². The Morgan fingerprint density at radius 1 is 0.632 bits per heavy atom. The molecule has 92 valence electrons. The first-order chi connectivity index (χ1) is 9.33. The monoisotopic (exact) mass is 309 g/mol. The molecular weight excluding hydrogens is 298 g/mol. The summed E-state index contributed by atoms with van der Waals surface area (Å²) in [5.41, 5.74) is 4.21. The van der Waals surface area contributed by atoms with Gasteiger partial charge in [0.05, 0.1) is 11.4 Å². The van der Waals surface area contributed by atoms with Gasteiger partial charge in [-0.15, -0.1) is 0 Å². The summed E-state index contributed by atoms with van der Waals surface area (Å²) in [4.78, 5) is 4.74. The Kier molecular flexibility index (Phi) is 3.43. The van der Waals surface area contributed by atoms with Gasteiger partial charge in [-0.25, -0.2) is 4.98 Å². The number of halogens is 1. The molecule has 0 amide bonds. The Bertz CT molecular complexity index is 620. The molecule has 0 atom stereocenters. The van der Waals surface area contributed by atoms with Crippen molar-refractivity contribution < 1.29 is 0 Å². The Hall–Kier alpha value is -1.93. The maximum Gasteiger partial charge on any atom is 0.0720 e. The Balaban J connectivity index is 2.12. The van der Waals surface area contributed by atoms with Gasteiger partial charge in [0, 0.05) is 15.6 Å². The minimum absolute atomic E-state index is 0.980. The van der Waals surface area contributed by atoms with Crippen molar-refractivity contribution in [3.8, 4) is 22.5 Å². The van der Waals surface area contributed by atoms with E-state index in [1.165, 1.54) is 0 Å². The van der Waals surface area contributed by atoms with Crippen LogP contribution >= 0.6 is 15.9 Å². The normalized spacial score (nSPS) is 10.4. The van der Waals surface area contributed by atoms with Crippen LogP contribution in [-0.2, 0) is 0 Å². The van der Waals surface area contributed by atoms with Crippen molar-refractivity contribution in [2.24, 2.45) is 0 Å². The zero-order valence-electron chi connectivity index (χ0n) is 10.3. The molecule has 1 heterocycles. The highest BCUT2D eigenvalue weighted by Crippen LogP contribution is 2.26. The van der Waals surface area contributed by atoms with Crippen LogP contribution in [0.15, 0.2) is 77.3 Å². The van der Waals surface area contributed by atoms with E-state index in [2.05, 4.69) is 40.2 Å². The molecule has 0 saturated heterocycles. The molecule has 0 fully saturated rings. The molecule has 3 rings (SSSR count). The van der Waals surface area contributed by atoms with Crippen molar-refractivity contribution in [1.29, 1.82) is 0 Å². The zero-order chi connectivity index (χ0) is 13.1. The Labute approximate surface area is 121 Å². The third-order valence-electron chi connectivity index (χ3n) is 2.93. The summed E-state index contributed by atoms with van der Waals surface area (Å²) < 4.78 is 1.04. The van der Waals surface area contributed by atoms with Gasteiger partial charge in [0.15, 0.2) is 0 Å². The van der Waals surface area contributed by atoms with E-state index in [0.717, 1.165) is 27.0 Å². The molecule has 0 spiro atoms. The van der Waals surface area contributed by atoms with E-state index in [1.807, 2.05) is 48.5 Å². The van der Waals surface area contributed by atoms with Gasteiger partial charge in [0.1, 0.15) is 0 Å². The summed E-state index contributed by atoms with van der Waals surface area (Å²) in [5.74, 6) is 0. The smallest absolute Gasteiger partial charge is 0.0720 e. The number of nitrogens with zero attached hydrogens (tertiary/aromatic N) is 1. The van der Waals surface area contributed by atoms with Crippen molar-refractivity contribution in [2.45, 2.75) is 0 Å². The predicted molar refractivity (Wildman–Crippen MR) is 82.8 cm³/mol. The molecule has 0 aliphatic rings. The van der Waals surface area contributed by atoms with E-state index in [-0.39, 0.29) is 0 Å². The van der Waals surface area contributed by atoms with E-state index < -0.39 is 0 Å². The summed E-state index contributed by atoms with van der Waals surface area (Å²) in [7, 11) is 0. The van der Waals surface area contributed by atoms with Crippen LogP contribution in [0.4, 0.5) is 0 Å². The van der Waals surface area contributed by atoms with Crippen LogP contribution in [0.5, 0.6) is 0 Å². The number of hydrogen-bond donors (Lipinski definition) is 0. The summed E-state index contributed by atoms with van der Waals surface area (Å²) >= 11 is 3.57. The fraction of sp³-hybridized carbons (Fsp3) is 0. The minimum atomic E-state index is 0.980. The Morgan fingerprint density at radius 2 is 1.05 bits per heavy atom. The second-order valence-corrected chi connectivity index (χ2v) is 5.20. The van der Waals surface area contributed by atoms with Crippen LogP contribution in [0.2, 0.25) is 0 Å². The average Bonchev–Trinajstić information content (AvgIpc) is 2.48. The molecule has 2 aromatic carbocycles. The van der Waals surface area contributed by atoms with Gasteiger partial charge in [-0.2, -0.15) is 0 Å². The molecule has 0 N–H and O–H groups in total. The fourth-order valence-corrected chi connectivity index (χ4v) is 2.44. The summed E-state index contributed by atoms with van der Waals surface area (Å²) in [6.07, 6.45) is 0. The summed E-state index contributed by atoms with van der Waals surface area (Å²) in [6.45, 7) is 0. The lowest BCUT2D eigenvalue weighted by molar-refractivity contribution is 1.31. The molecule has 0 aliphatic carbocycles. The predicted octanol–water partition coefficient (Wildman–Crippen LogP) is 5.18. The summed E-state index contributed by atoms with van der Waals surface area (Å²) in [6, 6.07) is 24.5. The van der Waals surface area contributed by atoms with Crippen molar-refractivity contribution in [1.82, 2.24) is 4.98 Å². The fourth-order valence-electron chi connectivity index (χ4n) is 2.01. The number of rotatable bonds is 2.